The minimum Gasteiger partial charge on any atom is -0.497 e. The van der Waals surface area contributed by atoms with E-state index in [1.807, 2.05) is 36.4 Å². The van der Waals surface area contributed by atoms with Gasteiger partial charge in [-0.3, -0.25) is 19.5 Å². The number of ketones is 1. The van der Waals surface area contributed by atoms with E-state index in [9.17, 15) is 14.7 Å². The number of aliphatic carboxylic acids is 1. The molecule has 172 valence electrons. The highest BCUT2D eigenvalue weighted by Crippen LogP contribution is 2.36. The number of carboxylic acids is 1. The molecular formula is C25H21N3O5S. The Morgan fingerprint density at radius 2 is 2.00 bits per heavy atom. The number of hydrogen-bond acceptors (Lipinski definition) is 8. The number of nitrogens with zero attached hydrogens (tertiary/aromatic N) is 3. The van der Waals surface area contributed by atoms with Crippen LogP contribution >= 0.6 is 11.3 Å². The van der Waals surface area contributed by atoms with Crippen LogP contribution in [0.3, 0.4) is 0 Å². The summed E-state index contributed by atoms with van der Waals surface area (Å²) in [7, 11) is 3.10. The third-order valence-electron chi connectivity index (χ3n) is 5.83. The van der Waals surface area contributed by atoms with E-state index in [2.05, 4.69) is 4.98 Å². The van der Waals surface area contributed by atoms with E-state index in [-0.39, 0.29) is 13.1 Å². The summed E-state index contributed by atoms with van der Waals surface area (Å²) in [5, 5.41) is 11.5. The van der Waals surface area contributed by atoms with Crippen LogP contribution in [0.1, 0.15) is 20.9 Å². The van der Waals surface area contributed by atoms with Crippen molar-refractivity contribution in [2.45, 2.75) is 19.1 Å². The zero-order valence-corrected chi connectivity index (χ0v) is 19.3. The third kappa shape index (κ3) is 3.89. The van der Waals surface area contributed by atoms with Crippen molar-refractivity contribution in [3.05, 3.63) is 70.9 Å². The molecule has 8 nitrogen and oxygen atoms in total. The Bertz CT molecular complexity index is 1420. The monoisotopic (exact) mass is 475 g/mol. The molecule has 4 aromatic rings. The van der Waals surface area contributed by atoms with E-state index in [0.29, 0.717) is 27.1 Å². The minimum atomic E-state index is -1.30. The maximum atomic E-state index is 13.3. The Hall–Kier alpha value is -3.82. The first-order chi connectivity index (χ1) is 16.5. The number of carbonyl (C=O) groups excluding carboxylic acids is 1. The summed E-state index contributed by atoms with van der Waals surface area (Å²) in [6.45, 7) is 0.435. The van der Waals surface area contributed by atoms with Gasteiger partial charge in [0.15, 0.2) is 6.04 Å². The fourth-order valence-corrected chi connectivity index (χ4v) is 5.17. The standard InChI is InChI=1S/C25H21N3O5S/c1-32-17-8-7-15(20(10-17)33-2)12-28-13-19-23(22(29)21(28)25(30)31)34-24(27-19)16-9-14-5-3-4-6-18(14)26-11-16/h3-11,21H,12-13H2,1-2H3,(H,30,31). The molecule has 5 rings (SSSR count). The van der Waals surface area contributed by atoms with Crippen LogP contribution in [-0.4, -0.2) is 52.0 Å². The molecule has 2 aromatic heterocycles. The molecular weight excluding hydrogens is 454 g/mol. The number of ether oxygens (including phenoxy) is 2. The van der Waals surface area contributed by atoms with Crippen molar-refractivity contribution in [1.29, 1.82) is 0 Å². The Labute approximate surface area is 199 Å². The zero-order chi connectivity index (χ0) is 23.8. The van der Waals surface area contributed by atoms with E-state index >= 15 is 0 Å². The van der Waals surface area contributed by atoms with Crippen LogP contribution in [0.4, 0.5) is 0 Å². The normalized spacial score (nSPS) is 15.8. The fraction of sp³-hybridized carbons (Fsp3) is 0.200. The Morgan fingerprint density at radius 1 is 1.18 bits per heavy atom. The van der Waals surface area contributed by atoms with Crippen molar-refractivity contribution in [2.24, 2.45) is 0 Å². The Balaban J connectivity index is 1.50. The van der Waals surface area contributed by atoms with Gasteiger partial charge in [-0.15, -0.1) is 11.3 Å². The van der Waals surface area contributed by atoms with Gasteiger partial charge in [0.2, 0.25) is 5.78 Å². The SMILES string of the molecule is COc1ccc(CN2Cc3nc(-c4cnc5ccccc5c4)sc3C(=O)C2C(=O)O)c(OC)c1. The summed E-state index contributed by atoms with van der Waals surface area (Å²) >= 11 is 1.22. The number of Topliss-reactive ketones (excluding diaryl/α,β-unsaturated/α-hetero) is 1. The first-order valence-corrected chi connectivity index (χ1v) is 11.4. The van der Waals surface area contributed by atoms with Crippen LogP contribution in [0, 0.1) is 0 Å². The largest absolute Gasteiger partial charge is 0.497 e. The first-order valence-electron chi connectivity index (χ1n) is 10.6. The molecule has 1 aliphatic heterocycles. The van der Waals surface area contributed by atoms with Crippen LogP contribution in [0.15, 0.2) is 54.7 Å². The number of benzene rings is 2. The van der Waals surface area contributed by atoms with Crippen LogP contribution in [-0.2, 0) is 17.9 Å². The topological polar surface area (TPSA) is 102 Å². The van der Waals surface area contributed by atoms with Gasteiger partial charge in [0, 0.05) is 41.9 Å². The van der Waals surface area contributed by atoms with Crippen molar-refractivity contribution >= 4 is 34.0 Å². The van der Waals surface area contributed by atoms with Gasteiger partial charge in [0.25, 0.3) is 0 Å². The molecule has 3 heterocycles. The maximum Gasteiger partial charge on any atom is 0.329 e. The molecule has 0 saturated heterocycles. The van der Waals surface area contributed by atoms with E-state index in [1.54, 1.807) is 30.3 Å². The lowest BCUT2D eigenvalue weighted by Crippen LogP contribution is -2.49. The summed E-state index contributed by atoms with van der Waals surface area (Å²) < 4.78 is 10.7. The molecule has 34 heavy (non-hydrogen) atoms. The van der Waals surface area contributed by atoms with Crippen molar-refractivity contribution in [1.82, 2.24) is 14.9 Å². The van der Waals surface area contributed by atoms with E-state index in [4.69, 9.17) is 14.5 Å². The molecule has 2 aromatic carbocycles. The molecule has 0 aliphatic carbocycles. The highest BCUT2D eigenvalue weighted by atomic mass is 32.1. The van der Waals surface area contributed by atoms with Gasteiger partial charge in [-0.1, -0.05) is 24.3 Å². The van der Waals surface area contributed by atoms with Gasteiger partial charge in [-0.05, 0) is 18.2 Å². The van der Waals surface area contributed by atoms with Gasteiger partial charge < -0.3 is 14.6 Å². The summed E-state index contributed by atoms with van der Waals surface area (Å²) in [5.74, 6) is -0.465. The number of para-hydroxylation sites is 1. The number of pyridine rings is 1. The van der Waals surface area contributed by atoms with Crippen molar-refractivity contribution < 1.29 is 24.2 Å². The molecule has 0 saturated carbocycles. The van der Waals surface area contributed by atoms with Gasteiger partial charge in [0.1, 0.15) is 16.5 Å². The number of fused-ring (bicyclic) bond motifs is 2. The second kappa shape index (κ2) is 8.85. The van der Waals surface area contributed by atoms with Crippen molar-refractivity contribution in [2.75, 3.05) is 14.2 Å². The third-order valence-corrected chi connectivity index (χ3v) is 6.99. The molecule has 0 amide bonds. The number of thiazole rings is 1. The summed E-state index contributed by atoms with van der Waals surface area (Å²) in [6, 6.07) is 13.8. The summed E-state index contributed by atoms with van der Waals surface area (Å²) in [6.07, 6.45) is 1.73. The molecule has 1 N–H and O–H groups in total. The average molecular weight is 476 g/mol. The van der Waals surface area contributed by atoms with Crippen LogP contribution in [0.2, 0.25) is 0 Å². The number of carbonyl (C=O) groups is 2. The zero-order valence-electron chi connectivity index (χ0n) is 18.5. The number of methoxy groups -OCH3 is 2. The lowest BCUT2D eigenvalue weighted by molar-refractivity contribution is -0.142. The van der Waals surface area contributed by atoms with Crippen LogP contribution in [0.25, 0.3) is 21.5 Å². The summed E-state index contributed by atoms with van der Waals surface area (Å²) in [5.41, 5.74) is 2.98. The number of carboxylic acid groups (broad SMARTS) is 1. The molecule has 0 radical (unpaired) electrons. The summed E-state index contributed by atoms with van der Waals surface area (Å²) in [4.78, 5) is 36.5. The lowest BCUT2D eigenvalue weighted by Gasteiger charge is -2.31. The Kier molecular flexibility index (Phi) is 5.72. The molecule has 9 heteroatoms. The lowest BCUT2D eigenvalue weighted by atomic mass is 10.0. The van der Waals surface area contributed by atoms with Gasteiger partial charge in [0.05, 0.1) is 30.3 Å². The Morgan fingerprint density at radius 3 is 2.76 bits per heavy atom. The maximum absolute atomic E-state index is 13.3. The number of rotatable bonds is 6. The fourth-order valence-electron chi connectivity index (χ4n) is 4.15. The molecule has 0 fully saturated rings. The van der Waals surface area contributed by atoms with Gasteiger partial charge >= 0.3 is 5.97 Å². The van der Waals surface area contributed by atoms with Crippen molar-refractivity contribution in [3.63, 3.8) is 0 Å². The number of hydrogen-bond donors (Lipinski definition) is 1. The van der Waals surface area contributed by atoms with E-state index in [1.165, 1.54) is 18.4 Å². The first kappa shape index (κ1) is 22.0. The predicted molar refractivity (Wildman–Crippen MR) is 127 cm³/mol. The molecule has 1 atom stereocenters. The van der Waals surface area contributed by atoms with Crippen molar-refractivity contribution in [3.8, 4) is 22.1 Å². The van der Waals surface area contributed by atoms with Gasteiger partial charge in [-0.25, -0.2) is 4.98 Å². The highest BCUT2D eigenvalue weighted by Gasteiger charge is 2.41. The van der Waals surface area contributed by atoms with Crippen LogP contribution in [0.5, 0.6) is 11.5 Å². The highest BCUT2D eigenvalue weighted by molar-refractivity contribution is 7.17. The molecule has 1 aliphatic rings. The second-order valence-corrected chi connectivity index (χ2v) is 8.90. The smallest absolute Gasteiger partial charge is 0.329 e. The predicted octanol–water partition coefficient (Wildman–Crippen LogP) is 4.03. The second-order valence-electron chi connectivity index (χ2n) is 7.90. The molecule has 0 bridgehead atoms. The average Bonchev–Trinajstić information content (AvgIpc) is 3.28. The van der Waals surface area contributed by atoms with E-state index < -0.39 is 17.8 Å². The molecule has 1 unspecified atom stereocenters. The van der Waals surface area contributed by atoms with E-state index in [0.717, 1.165) is 22.0 Å². The minimum absolute atomic E-state index is 0.208. The number of aromatic nitrogens is 2. The van der Waals surface area contributed by atoms with Gasteiger partial charge in [-0.2, -0.15) is 0 Å². The quantitative estimate of drug-likeness (QED) is 0.417. The molecule has 0 spiro atoms. The van der Waals surface area contributed by atoms with Crippen LogP contribution < -0.4 is 9.47 Å².